The first-order valence-corrected chi connectivity index (χ1v) is 10.2. The summed E-state index contributed by atoms with van der Waals surface area (Å²) in [4.78, 5) is 4.48. The largest absolute Gasteiger partial charge is 0.338 e. The Labute approximate surface area is 165 Å². The van der Waals surface area contributed by atoms with Gasteiger partial charge in [-0.05, 0) is 37.1 Å². The van der Waals surface area contributed by atoms with E-state index in [1.54, 1.807) is 0 Å². The summed E-state index contributed by atoms with van der Waals surface area (Å²) < 4.78 is 6.22. The molecule has 8 heteroatoms. The number of anilines is 2. The van der Waals surface area contributed by atoms with Gasteiger partial charge in [-0.25, -0.2) is 0 Å². The second kappa shape index (κ2) is 7.89. The third-order valence-electron chi connectivity index (χ3n) is 3.85. The SMILES string of the molecule is Cc1cccc(Nc2nnc(SCc3nc(-c4ccccc4C)no3)s2)c1. The van der Waals surface area contributed by atoms with Crippen molar-refractivity contribution in [1.82, 2.24) is 20.3 Å². The van der Waals surface area contributed by atoms with Gasteiger partial charge in [-0.15, -0.1) is 10.2 Å². The molecule has 27 heavy (non-hydrogen) atoms. The zero-order valence-corrected chi connectivity index (χ0v) is 16.5. The Morgan fingerprint density at radius 1 is 1.07 bits per heavy atom. The molecule has 0 amide bonds. The predicted octanol–water partition coefficient (Wildman–Crippen LogP) is 5.24. The van der Waals surface area contributed by atoms with Crippen molar-refractivity contribution in [3.8, 4) is 11.4 Å². The zero-order valence-electron chi connectivity index (χ0n) is 14.8. The maximum Gasteiger partial charge on any atom is 0.237 e. The van der Waals surface area contributed by atoms with Crippen LogP contribution in [0.15, 0.2) is 57.4 Å². The van der Waals surface area contributed by atoms with Gasteiger partial charge >= 0.3 is 0 Å². The molecule has 0 aliphatic rings. The molecule has 0 atom stereocenters. The van der Waals surface area contributed by atoms with E-state index in [9.17, 15) is 0 Å². The van der Waals surface area contributed by atoms with Crippen LogP contribution in [0.25, 0.3) is 11.4 Å². The van der Waals surface area contributed by atoms with Crippen LogP contribution >= 0.6 is 23.1 Å². The predicted molar refractivity (Wildman–Crippen MR) is 108 cm³/mol. The number of aryl methyl sites for hydroxylation is 2. The van der Waals surface area contributed by atoms with Crippen LogP contribution in [-0.2, 0) is 5.75 Å². The first-order chi connectivity index (χ1) is 13.2. The summed E-state index contributed by atoms with van der Waals surface area (Å²) in [7, 11) is 0. The van der Waals surface area contributed by atoms with Gasteiger partial charge < -0.3 is 9.84 Å². The van der Waals surface area contributed by atoms with Crippen molar-refractivity contribution in [2.24, 2.45) is 0 Å². The zero-order chi connectivity index (χ0) is 18.6. The van der Waals surface area contributed by atoms with Gasteiger partial charge in [-0.3, -0.25) is 0 Å². The summed E-state index contributed by atoms with van der Waals surface area (Å²) in [6.07, 6.45) is 0. The first kappa shape index (κ1) is 17.7. The lowest BCUT2D eigenvalue weighted by Gasteiger charge is -2.01. The van der Waals surface area contributed by atoms with E-state index in [0.29, 0.717) is 17.5 Å². The van der Waals surface area contributed by atoms with Crippen LogP contribution in [0.3, 0.4) is 0 Å². The van der Waals surface area contributed by atoms with Gasteiger partial charge in [0.15, 0.2) is 4.34 Å². The minimum atomic E-state index is 0.554. The summed E-state index contributed by atoms with van der Waals surface area (Å²) in [5.41, 5.74) is 4.30. The van der Waals surface area contributed by atoms with E-state index in [1.807, 2.05) is 43.3 Å². The second-order valence-electron chi connectivity index (χ2n) is 5.98. The minimum absolute atomic E-state index is 0.554. The molecule has 0 bridgehead atoms. The number of nitrogens with zero attached hydrogens (tertiary/aromatic N) is 4. The molecule has 6 nitrogen and oxygen atoms in total. The molecule has 0 radical (unpaired) electrons. The van der Waals surface area contributed by atoms with Gasteiger partial charge in [0.2, 0.25) is 16.8 Å². The van der Waals surface area contributed by atoms with Crippen LogP contribution in [0.5, 0.6) is 0 Å². The Balaban J connectivity index is 1.38. The van der Waals surface area contributed by atoms with E-state index in [0.717, 1.165) is 26.3 Å². The van der Waals surface area contributed by atoms with Crippen molar-refractivity contribution < 1.29 is 4.52 Å². The molecule has 0 fully saturated rings. The van der Waals surface area contributed by atoms with Gasteiger partial charge in [0.1, 0.15) is 0 Å². The molecule has 0 unspecified atom stereocenters. The van der Waals surface area contributed by atoms with Gasteiger partial charge in [-0.1, -0.05) is 64.7 Å². The average molecular weight is 396 g/mol. The topological polar surface area (TPSA) is 76.7 Å². The van der Waals surface area contributed by atoms with Gasteiger partial charge in [0.05, 0.1) is 5.75 Å². The molecule has 0 aliphatic carbocycles. The van der Waals surface area contributed by atoms with E-state index < -0.39 is 0 Å². The monoisotopic (exact) mass is 395 g/mol. The van der Waals surface area contributed by atoms with Crippen LogP contribution in [0.4, 0.5) is 10.8 Å². The standard InChI is InChI=1S/C19H17N5OS2/c1-12-6-5-8-14(10-12)20-18-22-23-19(27-18)26-11-16-21-17(24-25-16)15-9-4-3-7-13(15)2/h3-10H,11H2,1-2H3,(H,20,22). The maximum absolute atomic E-state index is 5.37. The average Bonchev–Trinajstić information content (AvgIpc) is 3.30. The van der Waals surface area contributed by atoms with E-state index in [2.05, 4.69) is 44.7 Å². The third kappa shape index (κ3) is 4.35. The van der Waals surface area contributed by atoms with E-state index in [4.69, 9.17) is 4.52 Å². The van der Waals surface area contributed by atoms with E-state index >= 15 is 0 Å². The van der Waals surface area contributed by atoms with Crippen molar-refractivity contribution in [3.05, 3.63) is 65.5 Å². The number of thioether (sulfide) groups is 1. The van der Waals surface area contributed by atoms with E-state index in [1.165, 1.54) is 28.7 Å². The minimum Gasteiger partial charge on any atom is -0.338 e. The second-order valence-corrected chi connectivity index (χ2v) is 8.18. The van der Waals surface area contributed by atoms with Crippen molar-refractivity contribution >= 4 is 33.9 Å². The van der Waals surface area contributed by atoms with Gasteiger partial charge in [0.25, 0.3) is 0 Å². The Hall–Kier alpha value is -2.71. The lowest BCUT2D eigenvalue weighted by atomic mass is 10.1. The van der Waals surface area contributed by atoms with Crippen molar-refractivity contribution in [3.63, 3.8) is 0 Å². The van der Waals surface area contributed by atoms with E-state index in [-0.39, 0.29) is 0 Å². The first-order valence-electron chi connectivity index (χ1n) is 8.36. The molecular formula is C19H17N5OS2. The molecule has 0 aliphatic heterocycles. The molecule has 136 valence electrons. The highest BCUT2D eigenvalue weighted by molar-refractivity contribution is 8.00. The van der Waals surface area contributed by atoms with Crippen LogP contribution in [0.1, 0.15) is 17.0 Å². The Morgan fingerprint density at radius 3 is 2.81 bits per heavy atom. The summed E-state index contributed by atoms with van der Waals surface area (Å²) in [5.74, 6) is 1.74. The highest BCUT2D eigenvalue weighted by Crippen LogP contribution is 2.30. The molecule has 2 aromatic carbocycles. The quantitative estimate of drug-likeness (QED) is 0.447. The fourth-order valence-corrected chi connectivity index (χ4v) is 4.14. The summed E-state index contributed by atoms with van der Waals surface area (Å²) in [6.45, 7) is 4.09. The summed E-state index contributed by atoms with van der Waals surface area (Å²) in [6, 6.07) is 16.1. The van der Waals surface area contributed by atoms with Crippen LogP contribution < -0.4 is 5.32 Å². The molecule has 4 rings (SSSR count). The normalized spacial score (nSPS) is 10.9. The number of hydrogen-bond donors (Lipinski definition) is 1. The van der Waals surface area contributed by atoms with Crippen LogP contribution in [-0.4, -0.2) is 20.3 Å². The lowest BCUT2D eigenvalue weighted by molar-refractivity contribution is 0.391. The summed E-state index contributed by atoms with van der Waals surface area (Å²) in [5, 5.41) is 16.5. The number of rotatable bonds is 6. The van der Waals surface area contributed by atoms with Crippen molar-refractivity contribution in [1.29, 1.82) is 0 Å². The molecule has 1 N–H and O–H groups in total. The Morgan fingerprint density at radius 2 is 1.96 bits per heavy atom. The fourth-order valence-electron chi connectivity index (χ4n) is 2.54. The number of benzene rings is 2. The molecule has 2 aromatic heterocycles. The highest BCUT2D eigenvalue weighted by Gasteiger charge is 2.12. The number of aromatic nitrogens is 4. The molecule has 0 saturated carbocycles. The van der Waals surface area contributed by atoms with Crippen LogP contribution in [0.2, 0.25) is 0 Å². The molecule has 0 saturated heterocycles. The van der Waals surface area contributed by atoms with Crippen molar-refractivity contribution in [2.45, 2.75) is 23.9 Å². The Kier molecular flexibility index (Phi) is 5.17. The van der Waals surface area contributed by atoms with Crippen LogP contribution in [0, 0.1) is 13.8 Å². The molecular weight excluding hydrogens is 378 g/mol. The van der Waals surface area contributed by atoms with Gasteiger partial charge in [0, 0.05) is 11.3 Å². The maximum atomic E-state index is 5.37. The Bertz CT molecular complexity index is 1060. The van der Waals surface area contributed by atoms with Crippen molar-refractivity contribution in [2.75, 3.05) is 5.32 Å². The smallest absolute Gasteiger partial charge is 0.237 e. The van der Waals surface area contributed by atoms with Gasteiger partial charge in [-0.2, -0.15) is 4.98 Å². The molecule has 2 heterocycles. The fraction of sp³-hybridized carbons (Fsp3) is 0.158. The number of hydrogen-bond acceptors (Lipinski definition) is 8. The third-order valence-corrected chi connectivity index (χ3v) is 5.81. The number of nitrogens with one attached hydrogen (secondary N) is 1. The summed E-state index contributed by atoms with van der Waals surface area (Å²) >= 11 is 3.03. The molecule has 0 spiro atoms. The highest BCUT2D eigenvalue weighted by atomic mass is 32.2. The lowest BCUT2D eigenvalue weighted by Crippen LogP contribution is -1.89. The molecule has 4 aromatic rings.